The van der Waals surface area contributed by atoms with E-state index in [1.54, 1.807) is 6.20 Å². The average molecular weight is 368 g/mol. The minimum absolute atomic E-state index is 0.0499. The zero-order valence-corrected chi connectivity index (χ0v) is 15.6. The highest BCUT2D eigenvalue weighted by Gasteiger charge is 2.42. The molecule has 2 aromatic rings. The molecule has 6 heteroatoms. The minimum Gasteiger partial charge on any atom is -0.373 e. The number of hydrogen-bond acceptors (Lipinski definition) is 4. The van der Waals surface area contributed by atoms with E-state index in [1.165, 1.54) is 5.56 Å². The zero-order chi connectivity index (χ0) is 18.5. The van der Waals surface area contributed by atoms with Crippen molar-refractivity contribution < 1.29 is 9.53 Å². The monoisotopic (exact) mass is 368 g/mol. The second-order valence-corrected chi connectivity index (χ2v) is 7.55. The summed E-state index contributed by atoms with van der Waals surface area (Å²) in [5.41, 5.74) is 0.604. The lowest BCUT2D eigenvalue weighted by Crippen LogP contribution is -2.55. The average Bonchev–Trinajstić information content (AvgIpc) is 3.29. The van der Waals surface area contributed by atoms with Gasteiger partial charge in [0.25, 0.3) is 0 Å². The number of hydrogen-bond donors (Lipinski definition) is 2. The van der Waals surface area contributed by atoms with Gasteiger partial charge in [0.15, 0.2) is 0 Å². The molecule has 2 saturated heterocycles. The second kappa shape index (κ2) is 8.23. The van der Waals surface area contributed by atoms with Gasteiger partial charge < -0.3 is 15.4 Å². The molecule has 0 radical (unpaired) electrons. The highest BCUT2D eigenvalue weighted by Crippen LogP contribution is 2.34. The lowest BCUT2D eigenvalue weighted by atomic mass is 9.86. The van der Waals surface area contributed by atoms with Crippen molar-refractivity contribution in [3.8, 4) is 0 Å². The Morgan fingerprint density at radius 3 is 2.81 bits per heavy atom. The first-order valence-electron chi connectivity index (χ1n) is 9.95. The molecular weight excluding hydrogens is 340 g/mol. The Labute approximate surface area is 160 Å². The highest BCUT2D eigenvalue weighted by atomic mass is 16.5. The Hall–Kier alpha value is -2.18. The molecule has 0 bridgehead atoms. The fourth-order valence-electron chi connectivity index (χ4n) is 4.37. The first kappa shape index (κ1) is 18.2. The summed E-state index contributed by atoms with van der Waals surface area (Å²) in [6.45, 7) is 3.07. The largest absolute Gasteiger partial charge is 0.373 e. The van der Waals surface area contributed by atoms with Crippen LogP contribution >= 0.6 is 0 Å². The van der Waals surface area contributed by atoms with Gasteiger partial charge in [-0.3, -0.25) is 9.48 Å². The van der Waals surface area contributed by atoms with Gasteiger partial charge in [0, 0.05) is 31.5 Å². The first-order chi connectivity index (χ1) is 13.3. The van der Waals surface area contributed by atoms with E-state index in [2.05, 4.69) is 27.9 Å². The van der Waals surface area contributed by atoms with E-state index < -0.39 is 5.54 Å². The zero-order valence-electron chi connectivity index (χ0n) is 15.6. The molecule has 1 aromatic carbocycles. The molecule has 0 aliphatic carbocycles. The number of rotatable bonds is 5. The van der Waals surface area contributed by atoms with Crippen LogP contribution in [0.25, 0.3) is 0 Å². The maximum atomic E-state index is 13.3. The van der Waals surface area contributed by atoms with Crippen LogP contribution in [0, 0.1) is 5.92 Å². The van der Waals surface area contributed by atoms with Gasteiger partial charge in [-0.05, 0) is 50.4 Å². The SMILES string of the molecule is O=C(NCC1CCCOC1c1ccccc1)C1(n2cccn2)CCNCC1. The Morgan fingerprint density at radius 2 is 2.07 bits per heavy atom. The van der Waals surface area contributed by atoms with Gasteiger partial charge in [-0.2, -0.15) is 5.10 Å². The van der Waals surface area contributed by atoms with Crippen molar-refractivity contribution in [2.75, 3.05) is 26.2 Å². The lowest BCUT2D eigenvalue weighted by Gasteiger charge is -2.38. The molecular formula is C21H28N4O2. The molecule has 4 rings (SSSR count). The van der Waals surface area contributed by atoms with Crippen molar-refractivity contribution in [1.29, 1.82) is 0 Å². The molecule has 0 saturated carbocycles. The van der Waals surface area contributed by atoms with Crippen LogP contribution in [0.4, 0.5) is 0 Å². The van der Waals surface area contributed by atoms with Crippen LogP contribution in [0.1, 0.15) is 37.4 Å². The number of carbonyl (C=O) groups is 1. The normalized spacial score (nSPS) is 25.0. The number of ether oxygens (including phenoxy) is 1. The molecule has 2 N–H and O–H groups in total. The molecule has 2 unspecified atom stereocenters. The van der Waals surface area contributed by atoms with Gasteiger partial charge in [0.05, 0.1) is 6.10 Å². The Bertz CT molecular complexity index is 726. The number of carbonyl (C=O) groups excluding carboxylic acids is 1. The van der Waals surface area contributed by atoms with E-state index in [9.17, 15) is 4.79 Å². The molecule has 0 spiro atoms. The van der Waals surface area contributed by atoms with Crippen LogP contribution in [0.2, 0.25) is 0 Å². The van der Waals surface area contributed by atoms with Crippen LogP contribution < -0.4 is 10.6 Å². The molecule has 6 nitrogen and oxygen atoms in total. The maximum absolute atomic E-state index is 13.3. The van der Waals surface area contributed by atoms with Crippen molar-refractivity contribution in [1.82, 2.24) is 20.4 Å². The van der Waals surface area contributed by atoms with Crippen molar-refractivity contribution in [3.63, 3.8) is 0 Å². The smallest absolute Gasteiger partial charge is 0.248 e. The van der Waals surface area contributed by atoms with Gasteiger partial charge in [-0.25, -0.2) is 0 Å². The van der Waals surface area contributed by atoms with E-state index in [-0.39, 0.29) is 12.0 Å². The maximum Gasteiger partial charge on any atom is 0.248 e. The summed E-state index contributed by atoms with van der Waals surface area (Å²) in [6.07, 6.45) is 7.31. The molecule has 1 aromatic heterocycles. The van der Waals surface area contributed by atoms with Gasteiger partial charge in [0.1, 0.15) is 5.54 Å². The summed E-state index contributed by atoms with van der Waals surface area (Å²) in [6, 6.07) is 12.2. The summed E-state index contributed by atoms with van der Waals surface area (Å²) in [7, 11) is 0. The van der Waals surface area contributed by atoms with Crippen LogP contribution in [0.15, 0.2) is 48.8 Å². The van der Waals surface area contributed by atoms with Gasteiger partial charge >= 0.3 is 0 Å². The summed E-state index contributed by atoms with van der Waals surface area (Å²) < 4.78 is 7.92. The number of aromatic nitrogens is 2. The van der Waals surface area contributed by atoms with Crippen LogP contribution in [-0.4, -0.2) is 41.9 Å². The van der Waals surface area contributed by atoms with E-state index in [0.717, 1.165) is 45.4 Å². The fourth-order valence-corrected chi connectivity index (χ4v) is 4.37. The molecule has 2 aliphatic rings. The quantitative estimate of drug-likeness (QED) is 0.849. The molecule has 2 atom stereocenters. The lowest BCUT2D eigenvalue weighted by molar-refractivity contribution is -0.132. The van der Waals surface area contributed by atoms with E-state index >= 15 is 0 Å². The molecule has 1 amide bonds. The molecule has 3 heterocycles. The second-order valence-electron chi connectivity index (χ2n) is 7.55. The highest BCUT2D eigenvalue weighted by molar-refractivity contribution is 5.84. The third-order valence-corrected chi connectivity index (χ3v) is 5.89. The number of nitrogens with zero attached hydrogens (tertiary/aromatic N) is 2. The van der Waals surface area contributed by atoms with Crippen molar-refractivity contribution in [2.45, 2.75) is 37.3 Å². The number of benzene rings is 1. The Balaban J connectivity index is 1.47. The summed E-state index contributed by atoms with van der Waals surface area (Å²) in [4.78, 5) is 13.3. The Morgan fingerprint density at radius 1 is 1.26 bits per heavy atom. The Kier molecular flexibility index (Phi) is 5.55. The van der Waals surface area contributed by atoms with Gasteiger partial charge in [-0.1, -0.05) is 30.3 Å². The van der Waals surface area contributed by atoms with Gasteiger partial charge in [-0.15, -0.1) is 0 Å². The van der Waals surface area contributed by atoms with E-state index in [1.807, 2.05) is 35.1 Å². The molecule has 144 valence electrons. The van der Waals surface area contributed by atoms with Crippen molar-refractivity contribution in [2.24, 2.45) is 5.92 Å². The van der Waals surface area contributed by atoms with Crippen molar-refractivity contribution in [3.05, 3.63) is 54.4 Å². The predicted molar refractivity (Wildman–Crippen MR) is 103 cm³/mol. The fraction of sp³-hybridized carbons (Fsp3) is 0.524. The third-order valence-electron chi connectivity index (χ3n) is 5.89. The number of nitrogens with one attached hydrogen (secondary N) is 2. The summed E-state index contributed by atoms with van der Waals surface area (Å²) >= 11 is 0. The topological polar surface area (TPSA) is 68.2 Å². The number of amides is 1. The number of piperidine rings is 1. The van der Waals surface area contributed by atoms with Crippen LogP contribution in [0.5, 0.6) is 0 Å². The van der Waals surface area contributed by atoms with E-state index in [4.69, 9.17) is 4.74 Å². The first-order valence-corrected chi connectivity index (χ1v) is 9.95. The summed E-state index contributed by atoms with van der Waals surface area (Å²) in [5.74, 6) is 0.367. The predicted octanol–water partition coefficient (Wildman–Crippen LogP) is 2.25. The standard InChI is InChI=1S/C21H28N4O2/c26-20(21(9-12-22-13-10-21)25-14-5-11-24-25)23-16-18-8-4-15-27-19(18)17-6-2-1-3-7-17/h1-3,5-7,11,14,18-19,22H,4,8-10,12-13,15-16H2,(H,23,26). The van der Waals surface area contributed by atoms with Crippen molar-refractivity contribution >= 4 is 5.91 Å². The molecule has 27 heavy (non-hydrogen) atoms. The van der Waals surface area contributed by atoms with Gasteiger partial charge in [0.2, 0.25) is 5.91 Å². The van der Waals surface area contributed by atoms with Crippen LogP contribution in [0.3, 0.4) is 0 Å². The molecule has 2 aliphatic heterocycles. The summed E-state index contributed by atoms with van der Waals surface area (Å²) in [5, 5.41) is 11.0. The minimum atomic E-state index is -0.591. The van der Waals surface area contributed by atoms with Crippen LogP contribution in [-0.2, 0) is 15.1 Å². The van der Waals surface area contributed by atoms with E-state index in [0.29, 0.717) is 12.5 Å². The third kappa shape index (κ3) is 3.77. The molecule has 2 fully saturated rings.